The summed E-state index contributed by atoms with van der Waals surface area (Å²) in [6.45, 7) is 3.27. The second-order valence-electron chi connectivity index (χ2n) is 5.31. The maximum absolute atomic E-state index is 5.79. The van der Waals surface area contributed by atoms with Crippen LogP contribution in [0.5, 0.6) is 0 Å². The van der Waals surface area contributed by atoms with E-state index in [0.29, 0.717) is 12.1 Å². The highest BCUT2D eigenvalue weighted by Gasteiger charge is 2.27. The molecule has 3 heteroatoms. The first-order chi connectivity index (χ1) is 7.24. The Morgan fingerprint density at radius 3 is 2.67 bits per heavy atom. The van der Waals surface area contributed by atoms with Crippen LogP contribution in [0.3, 0.4) is 0 Å². The minimum atomic E-state index is 0.481. The average molecular weight is 212 g/mol. The second-order valence-corrected chi connectivity index (χ2v) is 5.31. The summed E-state index contributed by atoms with van der Waals surface area (Å²) in [5.74, 6) is 0.841. The van der Waals surface area contributed by atoms with Crippen molar-refractivity contribution in [2.24, 2.45) is 11.7 Å². The molecule has 2 rings (SSSR count). The van der Waals surface area contributed by atoms with Crippen molar-refractivity contribution < 1.29 is 4.74 Å². The minimum absolute atomic E-state index is 0.481. The Labute approximate surface area is 93.0 Å². The fraction of sp³-hybridized carbons (Fsp3) is 1.00. The smallest absolute Gasteiger partial charge is 0.0701 e. The lowest BCUT2D eigenvalue weighted by Gasteiger charge is -2.36. The van der Waals surface area contributed by atoms with Crippen molar-refractivity contribution in [3.8, 4) is 0 Å². The van der Waals surface area contributed by atoms with Crippen LogP contribution in [0.2, 0.25) is 0 Å². The third-order valence-electron chi connectivity index (χ3n) is 3.63. The van der Waals surface area contributed by atoms with E-state index >= 15 is 0 Å². The standard InChI is InChI=1S/C12H24N2O/c1-14(8-10-6-11(13)7-10)9-12-4-2-3-5-15-12/h10-12H,2-9,13H2,1H3. The van der Waals surface area contributed by atoms with Gasteiger partial charge in [-0.3, -0.25) is 0 Å². The third-order valence-corrected chi connectivity index (χ3v) is 3.63. The monoisotopic (exact) mass is 212 g/mol. The number of hydrogen-bond donors (Lipinski definition) is 1. The average Bonchev–Trinajstić information content (AvgIpc) is 2.17. The van der Waals surface area contributed by atoms with Crippen LogP contribution in [-0.4, -0.2) is 43.8 Å². The quantitative estimate of drug-likeness (QED) is 0.761. The molecule has 0 aromatic heterocycles. The van der Waals surface area contributed by atoms with Crippen LogP contribution in [0.1, 0.15) is 32.1 Å². The van der Waals surface area contributed by atoms with Crippen molar-refractivity contribution in [2.75, 3.05) is 26.7 Å². The predicted octanol–water partition coefficient (Wildman–Crippen LogP) is 1.22. The van der Waals surface area contributed by atoms with E-state index in [9.17, 15) is 0 Å². The lowest BCUT2D eigenvalue weighted by atomic mass is 9.80. The van der Waals surface area contributed by atoms with Gasteiger partial charge in [0.1, 0.15) is 0 Å². The first-order valence-electron chi connectivity index (χ1n) is 6.30. The van der Waals surface area contributed by atoms with Gasteiger partial charge in [0.2, 0.25) is 0 Å². The summed E-state index contributed by atoms with van der Waals surface area (Å²) in [6.07, 6.45) is 6.75. The van der Waals surface area contributed by atoms with E-state index in [1.807, 2.05) is 0 Å². The molecule has 88 valence electrons. The lowest BCUT2D eigenvalue weighted by molar-refractivity contribution is -0.00578. The molecule has 2 aliphatic rings. The first-order valence-corrected chi connectivity index (χ1v) is 6.30. The number of likely N-dealkylation sites (N-methyl/N-ethyl adjacent to an activating group) is 1. The van der Waals surface area contributed by atoms with Crippen molar-refractivity contribution in [3.63, 3.8) is 0 Å². The molecule has 1 saturated carbocycles. The number of ether oxygens (including phenoxy) is 1. The van der Waals surface area contributed by atoms with E-state index < -0.39 is 0 Å². The molecular formula is C12H24N2O. The molecule has 1 aliphatic heterocycles. The van der Waals surface area contributed by atoms with Crippen LogP contribution in [0, 0.1) is 5.92 Å². The van der Waals surface area contributed by atoms with E-state index in [2.05, 4.69) is 11.9 Å². The zero-order chi connectivity index (χ0) is 10.7. The maximum Gasteiger partial charge on any atom is 0.0701 e. The van der Waals surface area contributed by atoms with Gasteiger partial charge in [0.05, 0.1) is 6.10 Å². The normalized spacial score (nSPS) is 36.6. The molecule has 0 bridgehead atoms. The molecule has 1 aliphatic carbocycles. The van der Waals surface area contributed by atoms with Crippen LogP contribution in [0.25, 0.3) is 0 Å². The van der Waals surface area contributed by atoms with Gasteiger partial charge < -0.3 is 15.4 Å². The highest BCUT2D eigenvalue weighted by atomic mass is 16.5. The molecule has 0 radical (unpaired) electrons. The van der Waals surface area contributed by atoms with Crippen molar-refractivity contribution in [2.45, 2.75) is 44.2 Å². The molecule has 1 saturated heterocycles. The molecule has 1 atom stereocenters. The minimum Gasteiger partial charge on any atom is -0.377 e. The fourth-order valence-corrected chi connectivity index (χ4v) is 2.75. The summed E-state index contributed by atoms with van der Waals surface area (Å²) in [5.41, 5.74) is 5.79. The Morgan fingerprint density at radius 1 is 1.27 bits per heavy atom. The van der Waals surface area contributed by atoms with Crippen molar-refractivity contribution >= 4 is 0 Å². The van der Waals surface area contributed by atoms with Crippen molar-refractivity contribution in [1.82, 2.24) is 4.90 Å². The Morgan fingerprint density at radius 2 is 2.07 bits per heavy atom. The molecular weight excluding hydrogens is 188 g/mol. The summed E-state index contributed by atoms with van der Waals surface area (Å²) < 4.78 is 5.74. The SMILES string of the molecule is CN(CC1CC(N)C1)CC1CCCCO1. The molecule has 0 amide bonds. The number of nitrogens with zero attached hydrogens (tertiary/aromatic N) is 1. The molecule has 1 unspecified atom stereocenters. The van der Waals surface area contributed by atoms with E-state index in [-0.39, 0.29) is 0 Å². The zero-order valence-electron chi connectivity index (χ0n) is 9.82. The Kier molecular flexibility index (Phi) is 4.00. The maximum atomic E-state index is 5.79. The Balaban J connectivity index is 1.61. The van der Waals surface area contributed by atoms with Crippen LogP contribution < -0.4 is 5.73 Å². The van der Waals surface area contributed by atoms with Crippen LogP contribution >= 0.6 is 0 Å². The first kappa shape index (κ1) is 11.4. The highest BCUT2D eigenvalue weighted by Crippen LogP contribution is 2.26. The van der Waals surface area contributed by atoms with Gasteiger partial charge in [0.25, 0.3) is 0 Å². The highest BCUT2D eigenvalue weighted by molar-refractivity contribution is 4.84. The number of nitrogens with two attached hydrogens (primary N) is 1. The molecule has 0 aromatic carbocycles. The van der Waals surface area contributed by atoms with Crippen LogP contribution in [-0.2, 0) is 4.74 Å². The number of hydrogen-bond acceptors (Lipinski definition) is 3. The van der Waals surface area contributed by atoms with Gasteiger partial charge in [0.15, 0.2) is 0 Å². The molecule has 1 heterocycles. The molecule has 0 aromatic rings. The van der Waals surface area contributed by atoms with E-state index in [4.69, 9.17) is 10.5 Å². The Bertz CT molecular complexity index is 186. The van der Waals surface area contributed by atoms with E-state index in [1.54, 1.807) is 0 Å². The van der Waals surface area contributed by atoms with Crippen LogP contribution in [0.4, 0.5) is 0 Å². The van der Waals surface area contributed by atoms with Crippen LogP contribution in [0.15, 0.2) is 0 Å². The van der Waals surface area contributed by atoms with Gasteiger partial charge in [-0.2, -0.15) is 0 Å². The van der Waals surface area contributed by atoms with Crippen molar-refractivity contribution in [3.05, 3.63) is 0 Å². The molecule has 15 heavy (non-hydrogen) atoms. The van der Waals surface area contributed by atoms with Gasteiger partial charge in [0, 0.05) is 25.7 Å². The topological polar surface area (TPSA) is 38.5 Å². The van der Waals surface area contributed by atoms with Gasteiger partial charge in [-0.25, -0.2) is 0 Å². The molecule has 2 fully saturated rings. The summed E-state index contributed by atoms with van der Waals surface area (Å²) in [6, 6.07) is 0.481. The van der Waals surface area contributed by atoms with Gasteiger partial charge >= 0.3 is 0 Å². The second kappa shape index (κ2) is 5.28. The summed E-state index contributed by atoms with van der Waals surface area (Å²) in [7, 11) is 2.21. The predicted molar refractivity (Wildman–Crippen MR) is 61.8 cm³/mol. The van der Waals surface area contributed by atoms with Crippen molar-refractivity contribution in [1.29, 1.82) is 0 Å². The fourth-order valence-electron chi connectivity index (χ4n) is 2.75. The van der Waals surface area contributed by atoms with Gasteiger partial charge in [-0.05, 0) is 45.1 Å². The largest absolute Gasteiger partial charge is 0.377 e. The zero-order valence-corrected chi connectivity index (χ0v) is 9.82. The summed E-state index contributed by atoms with van der Waals surface area (Å²) >= 11 is 0. The molecule has 2 N–H and O–H groups in total. The number of rotatable bonds is 4. The van der Waals surface area contributed by atoms with Gasteiger partial charge in [-0.15, -0.1) is 0 Å². The van der Waals surface area contributed by atoms with E-state index in [1.165, 1.54) is 38.6 Å². The Hall–Kier alpha value is -0.120. The summed E-state index contributed by atoms with van der Waals surface area (Å²) in [4.78, 5) is 2.42. The van der Waals surface area contributed by atoms with E-state index in [0.717, 1.165) is 19.1 Å². The summed E-state index contributed by atoms with van der Waals surface area (Å²) in [5, 5.41) is 0. The molecule has 0 spiro atoms. The van der Waals surface area contributed by atoms with Gasteiger partial charge in [-0.1, -0.05) is 0 Å². The molecule has 3 nitrogen and oxygen atoms in total. The lowest BCUT2D eigenvalue weighted by Crippen LogP contribution is -2.43. The third kappa shape index (κ3) is 3.44.